The number of hydrogen-bond donors (Lipinski definition) is 1. The Morgan fingerprint density at radius 2 is 2.03 bits per heavy atom. The Balaban J connectivity index is 1.67. The van der Waals surface area contributed by atoms with Gasteiger partial charge in [-0.25, -0.2) is 9.37 Å². The van der Waals surface area contributed by atoms with Crippen LogP contribution in [0.5, 0.6) is 11.5 Å². The van der Waals surface area contributed by atoms with Gasteiger partial charge >= 0.3 is 0 Å². The predicted octanol–water partition coefficient (Wildman–Crippen LogP) is 4.15. The van der Waals surface area contributed by atoms with Gasteiger partial charge in [-0.1, -0.05) is 0 Å². The van der Waals surface area contributed by atoms with Crippen molar-refractivity contribution < 1.29 is 13.9 Å². The quantitative estimate of drug-likeness (QED) is 0.536. The standard InChI is InChI=1S/C23H21FN4O3/c1-28-13-15(2-5-20(28)29)18-3-4-19-21(22(18)31-17-10-16(24)11-25-12-17)27-23(26-19)14-6-8-30-9-7-14/h2-5,10-14H,6-9H2,1H3,(H,26,27). The van der Waals surface area contributed by atoms with Gasteiger partial charge in [0.1, 0.15) is 22.9 Å². The molecule has 158 valence electrons. The maximum absolute atomic E-state index is 13.7. The Morgan fingerprint density at radius 3 is 2.81 bits per heavy atom. The lowest BCUT2D eigenvalue weighted by Crippen LogP contribution is -2.15. The predicted molar refractivity (Wildman–Crippen MR) is 114 cm³/mol. The Hall–Kier alpha value is -3.52. The van der Waals surface area contributed by atoms with Gasteiger partial charge in [0.25, 0.3) is 0 Å². The van der Waals surface area contributed by atoms with Crippen LogP contribution in [-0.4, -0.2) is 32.7 Å². The summed E-state index contributed by atoms with van der Waals surface area (Å²) in [5.74, 6) is 1.44. The van der Waals surface area contributed by atoms with E-state index in [9.17, 15) is 9.18 Å². The third-order valence-electron chi connectivity index (χ3n) is 5.53. The van der Waals surface area contributed by atoms with Crippen LogP contribution in [0.2, 0.25) is 0 Å². The summed E-state index contributed by atoms with van der Waals surface area (Å²) < 4.78 is 26.8. The topological polar surface area (TPSA) is 82.0 Å². The third kappa shape index (κ3) is 3.82. The number of halogens is 1. The Morgan fingerprint density at radius 1 is 1.19 bits per heavy atom. The number of fused-ring (bicyclic) bond motifs is 1. The first-order valence-electron chi connectivity index (χ1n) is 10.1. The molecule has 1 saturated heterocycles. The molecule has 8 heteroatoms. The Bertz CT molecular complexity index is 1310. The van der Waals surface area contributed by atoms with Crippen molar-refractivity contribution in [3.8, 4) is 22.6 Å². The molecular formula is C23H21FN4O3. The fraction of sp³-hybridized carbons (Fsp3) is 0.261. The SMILES string of the molecule is Cn1cc(-c2ccc3[nH]c(C4CCOCC4)nc3c2Oc2cncc(F)c2)ccc1=O. The fourth-order valence-electron chi connectivity index (χ4n) is 3.88. The highest BCUT2D eigenvalue weighted by atomic mass is 19.1. The van der Waals surface area contributed by atoms with Crippen LogP contribution in [0, 0.1) is 5.82 Å². The van der Waals surface area contributed by atoms with Crippen molar-refractivity contribution in [1.82, 2.24) is 19.5 Å². The van der Waals surface area contributed by atoms with Crippen molar-refractivity contribution in [3.63, 3.8) is 0 Å². The smallest absolute Gasteiger partial charge is 0.250 e. The van der Waals surface area contributed by atoms with Crippen LogP contribution in [0.25, 0.3) is 22.2 Å². The number of hydrogen-bond acceptors (Lipinski definition) is 5. The van der Waals surface area contributed by atoms with Crippen LogP contribution in [-0.2, 0) is 11.8 Å². The second-order valence-electron chi connectivity index (χ2n) is 7.65. The van der Waals surface area contributed by atoms with Crippen molar-refractivity contribution >= 4 is 11.0 Å². The van der Waals surface area contributed by atoms with Gasteiger partial charge in [0.05, 0.1) is 17.9 Å². The van der Waals surface area contributed by atoms with E-state index in [2.05, 4.69) is 9.97 Å². The van der Waals surface area contributed by atoms with Crippen LogP contribution in [0.15, 0.2) is 53.7 Å². The highest BCUT2D eigenvalue weighted by Crippen LogP contribution is 2.39. The molecule has 0 spiro atoms. The summed E-state index contributed by atoms with van der Waals surface area (Å²) in [6, 6.07) is 8.39. The number of aromatic amines is 1. The summed E-state index contributed by atoms with van der Waals surface area (Å²) in [6.07, 6.45) is 6.12. The number of nitrogens with zero attached hydrogens (tertiary/aromatic N) is 3. The lowest BCUT2D eigenvalue weighted by molar-refractivity contribution is 0.0838. The molecule has 0 amide bonds. The second-order valence-corrected chi connectivity index (χ2v) is 7.65. The molecule has 4 heterocycles. The van der Waals surface area contributed by atoms with Gasteiger partial charge in [0, 0.05) is 55.6 Å². The van der Waals surface area contributed by atoms with Crippen molar-refractivity contribution in [1.29, 1.82) is 0 Å². The largest absolute Gasteiger partial charge is 0.453 e. The van der Waals surface area contributed by atoms with E-state index >= 15 is 0 Å². The second kappa shape index (κ2) is 7.96. The summed E-state index contributed by atoms with van der Waals surface area (Å²) in [7, 11) is 1.69. The summed E-state index contributed by atoms with van der Waals surface area (Å²) in [5, 5.41) is 0. The van der Waals surface area contributed by atoms with E-state index in [1.807, 2.05) is 12.1 Å². The summed E-state index contributed by atoms with van der Waals surface area (Å²) in [6.45, 7) is 1.42. The number of pyridine rings is 2. The highest BCUT2D eigenvalue weighted by Gasteiger charge is 2.22. The van der Waals surface area contributed by atoms with E-state index in [0.29, 0.717) is 24.5 Å². The number of H-pyrrole nitrogens is 1. The van der Waals surface area contributed by atoms with Crippen molar-refractivity contribution in [2.24, 2.45) is 7.05 Å². The molecule has 1 aliphatic rings. The molecule has 1 N–H and O–H groups in total. The van der Waals surface area contributed by atoms with Gasteiger partial charge in [0.2, 0.25) is 5.56 Å². The number of imidazole rings is 1. The van der Waals surface area contributed by atoms with Crippen LogP contribution in [0.4, 0.5) is 4.39 Å². The number of aryl methyl sites for hydroxylation is 1. The van der Waals surface area contributed by atoms with Gasteiger partial charge in [-0.3, -0.25) is 9.78 Å². The molecule has 0 radical (unpaired) electrons. The Labute approximate surface area is 177 Å². The van der Waals surface area contributed by atoms with Gasteiger partial charge in [-0.05, 0) is 31.0 Å². The number of nitrogens with one attached hydrogen (secondary N) is 1. The zero-order valence-electron chi connectivity index (χ0n) is 17.0. The van der Waals surface area contributed by atoms with Crippen LogP contribution < -0.4 is 10.3 Å². The molecule has 0 bridgehead atoms. The van der Waals surface area contributed by atoms with Gasteiger partial charge in [0.15, 0.2) is 5.75 Å². The zero-order chi connectivity index (χ0) is 21.4. The molecule has 0 saturated carbocycles. The van der Waals surface area contributed by atoms with E-state index in [0.717, 1.165) is 41.5 Å². The fourth-order valence-corrected chi connectivity index (χ4v) is 3.88. The number of aromatic nitrogens is 4. The highest BCUT2D eigenvalue weighted by molar-refractivity contribution is 5.91. The van der Waals surface area contributed by atoms with E-state index in [-0.39, 0.29) is 17.2 Å². The minimum Gasteiger partial charge on any atom is -0.453 e. The molecule has 1 fully saturated rings. The van der Waals surface area contributed by atoms with Crippen LogP contribution in [0.1, 0.15) is 24.6 Å². The van der Waals surface area contributed by atoms with Crippen molar-refractivity contribution in [2.75, 3.05) is 13.2 Å². The maximum atomic E-state index is 13.7. The minimum absolute atomic E-state index is 0.108. The molecule has 0 atom stereocenters. The lowest BCUT2D eigenvalue weighted by atomic mass is 10.00. The first-order chi connectivity index (χ1) is 15.1. The molecular weight excluding hydrogens is 399 g/mol. The molecule has 0 aliphatic carbocycles. The molecule has 0 unspecified atom stereocenters. The molecule has 1 aliphatic heterocycles. The number of rotatable bonds is 4. The molecule has 5 rings (SSSR count). The summed E-state index contributed by atoms with van der Waals surface area (Å²) in [5.41, 5.74) is 2.91. The third-order valence-corrected chi connectivity index (χ3v) is 5.53. The number of benzene rings is 1. The van der Waals surface area contributed by atoms with E-state index < -0.39 is 5.82 Å². The Kier molecular flexibility index (Phi) is 4.99. The van der Waals surface area contributed by atoms with E-state index in [4.69, 9.17) is 14.5 Å². The first kappa shape index (κ1) is 19.4. The molecule has 4 aromatic rings. The van der Waals surface area contributed by atoms with Gasteiger partial charge < -0.3 is 19.0 Å². The molecule has 3 aromatic heterocycles. The van der Waals surface area contributed by atoms with Crippen LogP contribution in [0.3, 0.4) is 0 Å². The number of ether oxygens (including phenoxy) is 2. The zero-order valence-corrected chi connectivity index (χ0v) is 17.0. The van der Waals surface area contributed by atoms with Crippen LogP contribution >= 0.6 is 0 Å². The lowest BCUT2D eigenvalue weighted by Gasteiger charge is -2.19. The maximum Gasteiger partial charge on any atom is 0.250 e. The minimum atomic E-state index is -0.488. The normalized spacial score (nSPS) is 14.8. The summed E-state index contributed by atoms with van der Waals surface area (Å²) >= 11 is 0. The molecule has 1 aromatic carbocycles. The van der Waals surface area contributed by atoms with Crippen molar-refractivity contribution in [2.45, 2.75) is 18.8 Å². The summed E-state index contributed by atoms with van der Waals surface area (Å²) in [4.78, 5) is 24.0. The molecule has 31 heavy (non-hydrogen) atoms. The molecule has 7 nitrogen and oxygen atoms in total. The van der Waals surface area contributed by atoms with E-state index in [1.54, 1.807) is 19.3 Å². The van der Waals surface area contributed by atoms with E-state index in [1.165, 1.54) is 22.9 Å². The van der Waals surface area contributed by atoms with Crippen molar-refractivity contribution in [3.05, 3.63) is 70.9 Å². The first-order valence-corrected chi connectivity index (χ1v) is 10.1. The average Bonchev–Trinajstić information content (AvgIpc) is 3.22. The van der Waals surface area contributed by atoms with Gasteiger partial charge in [-0.15, -0.1) is 0 Å². The monoisotopic (exact) mass is 420 g/mol. The average molecular weight is 420 g/mol. The van der Waals surface area contributed by atoms with Gasteiger partial charge in [-0.2, -0.15) is 0 Å².